The maximum absolute atomic E-state index is 6.27. The zero-order valence-corrected chi connectivity index (χ0v) is 11.3. The third-order valence-corrected chi connectivity index (χ3v) is 3.86. The summed E-state index contributed by atoms with van der Waals surface area (Å²) in [5.41, 5.74) is 8.31. The highest BCUT2D eigenvalue weighted by Crippen LogP contribution is 2.33. The number of methoxy groups -OCH3 is 1. The Morgan fingerprint density at radius 3 is 2.65 bits per heavy atom. The Hall–Kier alpha value is -1.03. The first-order valence-electron chi connectivity index (χ1n) is 5.26. The molecule has 0 aliphatic carbocycles. The summed E-state index contributed by atoms with van der Waals surface area (Å²) in [6.07, 6.45) is 0. The van der Waals surface area contributed by atoms with Gasteiger partial charge in [0.2, 0.25) is 0 Å². The molecule has 0 saturated heterocycles. The van der Waals surface area contributed by atoms with Crippen molar-refractivity contribution in [2.75, 3.05) is 7.11 Å². The number of hydrogen-bond acceptors (Lipinski definition) is 3. The van der Waals surface area contributed by atoms with Gasteiger partial charge in [0.1, 0.15) is 5.75 Å². The molecule has 0 radical (unpaired) electrons. The topological polar surface area (TPSA) is 35.2 Å². The SMILES string of the molecule is COc1ccc(Cl)cc1C(N)c1ccsc1C. The summed E-state index contributed by atoms with van der Waals surface area (Å²) >= 11 is 7.70. The van der Waals surface area contributed by atoms with E-state index in [4.69, 9.17) is 22.1 Å². The van der Waals surface area contributed by atoms with E-state index >= 15 is 0 Å². The molecule has 2 nitrogen and oxygen atoms in total. The lowest BCUT2D eigenvalue weighted by molar-refractivity contribution is 0.408. The van der Waals surface area contributed by atoms with Crippen LogP contribution in [0.2, 0.25) is 5.02 Å². The largest absolute Gasteiger partial charge is 0.496 e. The van der Waals surface area contributed by atoms with Gasteiger partial charge in [0.05, 0.1) is 13.2 Å². The molecular formula is C13H14ClNOS. The molecule has 17 heavy (non-hydrogen) atoms. The third kappa shape index (κ3) is 2.46. The molecule has 0 bridgehead atoms. The van der Waals surface area contributed by atoms with Crippen LogP contribution in [0.15, 0.2) is 29.6 Å². The van der Waals surface area contributed by atoms with Crippen LogP contribution in [0.3, 0.4) is 0 Å². The second-order valence-electron chi connectivity index (χ2n) is 3.80. The van der Waals surface area contributed by atoms with E-state index < -0.39 is 0 Å². The van der Waals surface area contributed by atoms with Gasteiger partial charge in [-0.1, -0.05) is 11.6 Å². The quantitative estimate of drug-likeness (QED) is 0.919. The minimum atomic E-state index is -0.199. The van der Waals surface area contributed by atoms with Gasteiger partial charge in [-0.3, -0.25) is 0 Å². The van der Waals surface area contributed by atoms with E-state index in [-0.39, 0.29) is 6.04 Å². The minimum absolute atomic E-state index is 0.199. The molecular weight excluding hydrogens is 254 g/mol. The Kier molecular flexibility index (Phi) is 3.72. The van der Waals surface area contributed by atoms with Gasteiger partial charge >= 0.3 is 0 Å². The summed E-state index contributed by atoms with van der Waals surface area (Å²) < 4.78 is 5.32. The molecule has 1 aromatic carbocycles. The molecule has 0 fully saturated rings. The monoisotopic (exact) mass is 267 g/mol. The number of thiophene rings is 1. The van der Waals surface area contributed by atoms with Gasteiger partial charge in [0.15, 0.2) is 0 Å². The van der Waals surface area contributed by atoms with Gasteiger partial charge in [-0.15, -0.1) is 11.3 Å². The van der Waals surface area contributed by atoms with Crippen LogP contribution in [-0.2, 0) is 0 Å². The third-order valence-electron chi connectivity index (χ3n) is 2.76. The van der Waals surface area contributed by atoms with Crippen molar-refractivity contribution in [2.45, 2.75) is 13.0 Å². The standard InChI is InChI=1S/C13H14ClNOS/c1-8-10(5-6-17-8)13(15)11-7-9(14)3-4-12(11)16-2/h3-7,13H,15H2,1-2H3. The van der Waals surface area contributed by atoms with E-state index in [9.17, 15) is 0 Å². The van der Waals surface area contributed by atoms with E-state index in [0.29, 0.717) is 5.02 Å². The van der Waals surface area contributed by atoms with Gasteiger partial charge in [-0.05, 0) is 42.1 Å². The highest BCUT2D eigenvalue weighted by molar-refractivity contribution is 7.10. The van der Waals surface area contributed by atoms with Gasteiger partial charge in [0, 0.05) is 15.5 Å². The average Bonchev–Trinajstić information content (AvgIpc) is 2.74. The fourth-order valence-electron chi connectivity index (χ4n) is 1.83. The zero-order valence-electron chi connectivity index (χ0n) is 9.74. The Labute approximate surface area is 110 Å². The molecule has 0 amide bonds. The minimum Gasteiger partial charge on any atom is -0.496 e. The summed E-state index contributed by atoms with van der Waals surface area (Å²) in [6.45, 7) is 2.07. The van der Waals surface area contributed by atoms with E-state index in [1.807, 2.05) is 23.6 Å². The maximum atomic E-state index is 6.27. The number of benzene rings is 1. The summed E-state index contributed by atoms with van der Waals surface area (Å²) in [6, 6.07) is 7.36. The molecule has 0 saturated carbocycles. The first-order chi connectivity index (χ1) is 8.13. The van der Waals surface area contributed by atoms with Crippen molar-refractivity contribution in [2.24, 2.45) is 5.73 Å². The lowest BCUT2D eigenvalue weighted by Crippen LogP contribution is -2.13. The Bertz CT molecular complexity index is 524. The smallest absolute Gasteiger partial charge is 0.124 e. The Morgan fingerprint density at radius 1 is 1.29 bits per heavy atom. The van der Waals surface area contributed by atoms with Crippen LogP contribution >= 0.6 is 22.9 Å². The van der Waals surface area contributed by atoms with Crippen molar-refractivity contribution in [3.05, 3.63) is 50.7 Å². The molecule has 0 aliphatic rings. The molecule has 0 aliphatic heterocycles. The highest BCUT2D eigenvalue weighted by Gasteiger charge is 2.16. The van der Waals surface area contributed by atoms with Crippen molar-refractivity contribution in [1.82, 2.24) is 0 Å². The van der Waals surface area contributed by atoms with Crippen molar-refractivity contribution in [3.63, 3.8) is 0 Å². The number of nitrogens with two attached hydrogens (primary N) is 1. The lowest BCUT2D eigenvalue weighted by atomic mass is 9.99. The van der Waals surface area contributed by atoms with Crippen LogP contribution in [0.25, 0.3) is 0 Å². The van der Waals surface area contributed by atoms with Crippen LogP contribution < -0.4 is 10.5 Å². The number of hydrogen-bond donors (Lipinski definition) is 1. The predicted molar refractivity (Wildman–Crippen MR) is 73.1 cm³/mol. The number of aryl methyl sites for hydroxylation is 1. The van der Waals surface area contributed by atoms with Crippen LogP contribution in [0.1, 0.15) is 22.0 Å². The summed E-state index contributed by atoms with van der Waals surface area (Å²) in [7, 11) is 1.64. The fraction of sp³-hybridized carbons (Fsp3) is 0.231. The van der Waals surface area contributed by atoms with Crippen LogP contribution in [0.4, 0.5) is 0 Å². The molecule has 0 spiro atoms. The normalized spacial score (nSPS) is 12.5. The number of ether oxygens (including phenoxy) is 1. The summed E-state index contributed by atoms with van der Waals surface area (Å²) in [5.74, 6) is 0.771. The first-order valence-corrected chi connectivity index (χ1v) is 6.52. The molecule has 2 aromatic rings. The average molecular weight is 268 g/mol. The zero-order chi connectivity index (χ0) is 12.4. The molecule has 1 unspecified atom stereocenters. The first kappa shape index (κ1) is 12.4. The molecule has 4 heteroatoms. The molecule has 90 valence electrons. The van der Waals surface area contributed by atoms with Crippen molar-refractivity contribution in [3.8, 4) is 5.75 Å². The van der Waals surface area contributed by atoms with Crippen molar-refractivity contribution < 1.29 is 4.74 Å². The molecule has 1 aromatic heterocycles. The van der Waals surface area contributed by atoms with Crippen LogP contribution in [0, 0.1) is 6.92 Å². The summed E-state index contributed by atoms with van der Waals surface area (Å²) in [5, 5.41) is 2.71. The number of rotatable bonds is 3. The second kappa shape index (κ2) is 5.08. The predicted octanol–water partition coefficient (Wildman–Crippen LogP) is 3.77. The molecule has 2 N–H and O–H groups in total. The lowest BCUT2D eigenvalue weighted by Gasteiger charge is -2.16. The maximum Gasteiger partial charge on any atom is 0.124 e. The Morgan fingerprint density at radius 2 is 2.06 bits per heavy atom. The van der Waals surface area contributed by atoms with E-state index in [2.05, 4.69) is 6.92 Å². The van der Waals surface area contributed by atoms with Gasteiger partial charge in [-0.25, -0.2) is 0 Å². The second-order valence-corrected chi connectivity index (χ2v) is 5.35. The van der Waals surface area contributed by atoms with Gasteiger partial charge in [0.25, 0.3) is 0 Å². The Balaban J connectivity index is 2.46. The summed E-state index contributed by atoms with van der Waals surface area (Å²) in [4.78, 5) is 1.22. The number of halogens is 1. The van der Waals surface area contributed by atoms with Gasteiger partial charge < -0.3 is 10.5 Å². The molecule has 2 rings (SSSR count). The van der Waals surface area contributed by atoms with E-state index in [1.54, 1.807) is 24.5 Å². The van der Waals surface area contributed by atoms with Crippen LogP contribution in [-0.4, -0.2) is 7.11 Å². The highest BCUT2D eigenvalue weighted by atomic mass is 35.5. The fourth-order valence-corrected chi connectivity index (χ4v) is 2.76. The van der Waals surface area contributed by atoms with Gasteiger partial charge in [-0.2, -0.15) is 0 Å². The molecule has 1 atom stereocenters. The van der Waals surface area contributed by atoms with Crippen molar-refractivity contribution in [1.29, 1.82) is 0 Å². The van der Waals surface area contributed by atoms with E-state index in [1.165, 1.54) is 4.88 Å². The van der Waals surface area contributed by atoms with Crippen LogP contribution in [0.5, 0.6) is 5.75 Å². The molecule has 1 heterocycles. The van der Waals surface area contributed by atoms with E-state index in [0.717, 1.165) is 16.9 Å². The van der Waals surface area contributed by atoms with Crippen molar-refractivity contribution >= 4 is 22.9 Å².